The zero-order chi connectivity index (χ0) is 13.1. The highest BCUT2D eigenvalue weighted by molar-refractivity contribution is 4.81. The molecule has 0 aliphatic rings. The second-order valence-electron chi connectivity index (χ2n) is 6.09. The molecule has 17 heavy (non-hydrogen) atoms. The van der Waals surface area contributed by atoms with E-state index in [4.69, 9.17) is 0 Å². The van der Waals surface area contributed by atoms with E-state index in [1.54, 1.807) is 0 Å². The van der Waals surface area contributed by atoms with E-state index in [1.165, 1.54) is 57.8 Å². The highest BCUT2D eigenvalue weighted by Gasteiger charge is 2.25. The first-order valence-corrected chi connectivity index (χ1v) is 7.75. The smallest absolute Gasteiger partial charge is 0.0115 e. The van der Waals surface area contributed by atoms with Crippen LogP contribution in [-0.4, -0.2) is 13.1 Å². The molecule has 1 heteroatoms. The highest BCUT2D eigenvalue weighted by atomic mass is 14.9. The standard InChI is InChI=1S/C16H35N/c1-6-8-9-10-11-12-13-14-15(17-5)16(3,4)7-2/h15,17H,6-14H2,1-5H3. The van der Waals surface area contributed by atoms with E-state index in [0.717, 1.165) is 0 Å². The third-order valence-corrected chi connectivity index (χ3v) is 4.30. The Hall–Kier alpha value is -0.0400. The maximum absolute atomic E-state index is 3.50. The second-order valence-corrected chi connectivity index (χ2v) is 6.09. The molecule has 0 aromatic carbocycles. The van der Waals surface area contributed by atoms with Gasteiger partial charge in [0.25, 0.3) is 0 Å². The summed E-state index contributed by atoms with van der Waals surface area (Å²) in [5.41, 5.74) is 0.441. The Bertz CT molecular complexity index is 163. The van der Waals surface area contributed by atoms with Crippen molar-refractivity contribution in [3.63, 3.8) is 0 Å². The minimum atomic E-state index is 0.441. The molecule has 0 amide bonds. The number of unbranched alkanes of at least 4 members (excludes halogenated alkanes) is 6. The molecule has 0 heterocycles. The van der Waals surface area contributed by atoms with Crippen molar-refractivity contribution in [2.24, 2.45) is 5.41 Å². The van der Waals surface area contributed by atoms with Crippen molar-refractivity contribution in [3.8, 4) is 0 Å². The van der Waals surface area contributed by atoms with E-state index in [0.29, 0.717) is 11.5 Å². The van der Waals surface area contributed by atoms with Crippen LogP contribution in [0.4, 0.5) is 0 Å². The molecule has 0 aromatic rings. The molecule has 1 nitrogen and oxygen atoms in total. The molecule has 104 valence electrons. The summed E-state index contributed by atoms with van der Waals surface area (Å²) in [6, 6.07) is 0.683. The third-order valence-electron chi connectivity index (χ3n) is 4.30. The summed E-state index contributed by atoms with van der Waals surface area (Å²) in [5.74, 6) is 0. The van der Waals surface area contributed by atoms with Gasteiger partial charge in [0.1, 0.15) is 0 Å². The molecular formula is C16H35N. The van der Waals surface area contributed by atoms with Crippen LogP contribution in [-0.2, 0) is 0 Å². The molecule has 0 aromatic heterocycles. The fourth-order valence-corrected chi connectivity index (χ4v) is 2.48. The largest absolute Gasteiger partial charge is 0.316 e. The van der Waals surface area contributed by atoms with Gasteiger partial charge in [-0.15, -0.1) is 0 Å². The van der Waals surface area contributed by atoms with Gasteiger partial charge in [0.05, 0.1) is 0 Å². The third kappa shape index (κ3) is 7.81. The van der Waals surface area contributed by atoms with Crippen molar-refractivity contribution in [2.75, 3.05) is 7.05 Å². The quantitative estimate of drug-likeness (QED) is 0.493. The monoisotopic (exact) mass is 241 g/mol. The van der Waals surface area contributed by atoms with E-state index in [2.05, 4.69) is 40.1 Å². The van der Waals surface area contributed by atoms with Crippen LogP contribution in [0.1, 0.15) is 85.5 Å². The maximum atomic E-state index is 3.50. The molecule has 1 atom stereocenters. The Kier molecular flexibility index (Phi) is 9.91. The van der Waals surface area contributed by atoms with Crippen LogP contribution >= 0.6 is 0 Å². The van der Waals surface area contributed by atoms with Crippen LogP contribution in [0.5, 0.6) is 0 Å². The van der Waals surface area contributed by atoms with Gasteiger partial charge in [-0.2, -0.15) is 0 Å². The van der Waals surface area contributed by atoms with Crippen molar-refractivity contribution in [1.29, 1.82) is 0 Å². The summed E-state index contributed by atoms with van der Waals surface area (Å²) in [6.45, 7) is 9.35. The van der Waals surface area contributed by atoms with E-state index < -0.39 is 0 Å². The zero-order valence-corrected chi connectivity index (χ0v) is 12.9. The molecule has 0 fully saturated rings. The van der Waals surface area contributed by atoms with Crippen molar-refractivity contribution >= 4 is 0 Å². The van der Waals surface area contributed by atoms with Crippen LogP contribution in [0.15, 0.2) is 0 Å². The number of hydrogen-bond acceptors (Lipinski definition) is 1. The van der Waals surface area contributed by atoms with Gasteiger partial charge in [-0.1, -0.05) is 72.6 Å². The van der Waals surface area contributed by atoms with Gasteiger partial charge in [-0.3, -0.25) is 0 Å². The molecule has 1 N–H and O–H groups in total. The van der Waals surface area contributed by atoms with Crippen LogP contribution in [0.25, 0.3) is 0 Å². The zero-order valence-electron chi connectivity index (χ0n) is 12.9. The van der Waals surface area contributed by atoms with Gasteiger partial charge in [0, 0.05) is 6.04 Å². The highest BCUT2D eigenvalue weighted by Crippen LogP contribution is 2.28. The molecule has 0 saturated carbocycles. The SMILES string of the molecule is CCCCCCCCCC(NC)C(C)(C)CC. The van der Waals surface area contributed by atoms with Gasteiger partial charge in [-0.05, 0) is 25.3 Å². The van der Waals surface area contributed by atoms with E-state index in [-0.39, 0.29) is 0 Å². The second kappa shape index (κ2) is 9.94. The van der Waals surface area contributed by atoms with Crippen molar-refractivity contribution in [1.82, 2.24) is 5.32 Å². The van der Waals surface area contributed by atoms with E-state index in [9.17, 15) is 0 Å². The average molecular weight is 241 g/mol. The van der Waals surface area contributed by atoms with E-state index >= 15 is 0 Å². The van der Waals surface area contributed by atoms with Gasteiger partial charge >= 0.3 is 0 Å². The van der Waals surface area contributed by atoms with Crippen LogP contribution < -0.4 is 5.32 Å². The van der Waals surface area contributed by atoms with Crippen molar-refractivity contribution in [3.05, 3.63) is 0 Å². The normalized spacial score (nSPS) is 13.9. The molecule has 0 saturated heterocycles. The van der Waals surface area contributed by atoms with Crippen LogP contribution in [0.2, 0.25) is 0 Å². The van der Waals surface area contributed by atoms with Gasteiger partial charge < -0.3 is 5.32 Å². The minimum Gasteiger partial charge on any atom is -0.316 e. The lowest BCUT2D eigenvalue weighted by Gasteiger charge is -2.33. The molecule has 0 aliphatic carbocycles. The van der Waals surface area contributed by atoms with Gasteiger partial charge in [-0.25, -0.2) is 0 Å². The molecule has 0 spiro atoms. The van der Waals surface area contributed by atoms with Gasteiger partial charge in [0.2, 0.25) is 0 Å². The summed E-state index contributed by atoms with van der Waals surface area (Å²) in [6.07, 6.45) is 12.5. The lowest BCUT2D eigenvalue weighted by Crippen LogP contribution is -2.39. The lowest BCUT2D eigenvalue weighted by molar-refractivity contribution is 0.226. The molecule has 0 bridgehead atoms. The average Bonchev–Trinajstić information content (AvgIpc) is 2.32. The Morgan fingerprint density at radius 2 is 1.41 bits per heavy atom. The number of hydrogen-bond donors (Lipinski definition) is 1. The van der Waals surface area contributed by atoms with Crippen LogP contribution in [0, 0.1) is 5.41 Å². The first kappa shape index (κ1) is 17.0. The molecule has 0 radical (unpaired) electrons. The summed E-state index contributed by atoms with van der Waals surface area (Å²) in [5, 5.41) is 3.50. The van der Waals surface area contributed by atoms with Crippen LogP contribution in [0.3, 0.4) is 0 Å². The fraction of sp³-hybridized carbons (Fsp3) is 1.00. The Balaban J connectivity index is 3.57. The summed E-state index contributed by atoms with van der Waals surface area (Å²) < 4.78 is 0. The first-order valence-electron chi connectivity index (χ1n) is 7.75. The van der Waals surface area contributed by atoms with Crippen molar-refractivity contribution < 1.29 is 0 Å². The molecule has 1 unspecified atom stereocenters. The molecule has 0 aliphatic heterocycles. The number of nitrogens with one attached hydrogen (secondary N) is 1. The predicted molar refractivity (Wildman–Crippen MR) is 79.5 cm³/mol. The molecular weight excluding hydrogens is 206 g/mol. The summed E-state index contributed by atoms with van der Waals surface area (Å²) in [7, 11) is 2.11. The number of rotatable bonds is 11. The maximum Gasteiger partial charge on any atom is 0.0115 e. The predicted octanol–water partition coefficient (Wildman–Crippen LogP) is 5.15. The Morgan fingerprint density at radius 3 is 1.88 bits per heavy atom. The topological polar surface area (TPSA) is 12.0 Å². The summed E-state index contributed by atoms with van der Waals surface area (Å²) >= 11 is 0. The lowest BCUT2D eigenvalue weighted by atomic mass is 9.79. The summed E-state index contributed by atoms with van der Waals surface area (Å²) in [4.78, 5) is 0. The van der Waals surface area contributed by atoms with Crippen molar-refractivity contribution in [2.45, 2.75) is 91.5 Å². The van der Waals surface area contributed by atoms with Gasteiger partial charge in [0.15, 0.2) is 0 Å². The fourth-order valence-electron chi connectivity index (χ4n) is 2.48. The Morgan fingerprint density at radius 1 is 0.882 bits per heavy atom. The first-order chi connectivity index (χ1) is 8.08. The minimum absolute atomic E-state index is 0.441. The molecule has 0 rings (SSSR count). The van der Waals surface area contributed by atoms with E-state index in [1.807, 2.05) is 0 Å². The Labute approximate surface area is 110 Å².